The van der Waals surface area contributed by atoms with Crippen LogP contribution in [0.1, 0.15) is 16.1 Å². The summed E-state index contributed by atoms with van der Waals surface area (Å²) in [6.07, 6.45) is -0.139. The van der Waals surface area contributed by atoms with Crippen molar-refractivity contribution in [3.8, 4) is 0 Å². The van der Waals surface area contributed by atoms with Crippen LogP contribution in [0, 0.1) is 0 Å². The van der Waals surface area contributed by atoms with Crippen LogP contribution in [0.2, 0.25) is 0 Å². The zero-order valence-corrected chi connectivity index (χ0v) is 9.17. The molecule has 1 aromatic rings. The van der Waals surface area contributed by atoms with Crippen molar-refractivity contribution in [3.05, 3.63) is 22.4 Å². The second-order valence-electron chi connectivity index (χ2n) is 3.72. The first-order valence-electron chi connectivity index (χ1n) is 4.78. The van der Waals surface area contributed by atoms with Gasteiger partial charge in [-0.1, -0.05) is 6.07 Å². The van der Waals surface area contributed by atoms with E-state index >= 15 is 0 Å². The van der Waals surface area contributed by atoms with Crippen LogP contribution in [-0.4, -0.2) is 40.6 Å². The van der Waals surface area contributed by atoms with Gasteiger partial charge in [-0.3, -0.25) is 4.79 Å². The number of nitrogens with zero attached hydrogens (tertiary/aromatic N) is 1. The maximum atomic E-state index is 13.7. The van der Waals surface area contributed by atoms with Crippen LogP contribution in [0.25, 0.3) is 0 Å². The van der Waals surface area contributed by atoms with Crippen LogP contribution in [0.4, 0.5) is 4.39 Å². The highest BCUT2D eigenvalue weighted by atomic mass is 32.1. The monoisotopic (exact) mass is 243 g/mol. The highest BCUT2D eigenvalue weighted by molar-refractivity contribution is 7.12. The van der Waals surface area contributed by atoms with E-state index in [0.29, 0.717) is 4.88 Å². The minimum Gasteiger partial charge on any atom is -0.479 e. The van der Waals surface area contributed by atoms with Gasteiger partial charge in [0.1, 0.15) is 0 Å². The van der Waals surface area contributed by atoms with Crippen LogP contribution in [0.15, 0.2) is 17.5 Å². The largest absolute Gasteiger partial charge is 0.479 e. The third kappa shape index (κ3) is 1.80. The molecular formula is C10H10FNO3S. The Kier molecular flexibility index (Phi) is 2.67. The van der Waals surface area contributed by atoms with Gasteiger partial charge in [-0.2, -0.15) is 0 Å². The number of carbonyl (C=O) groups excluding carboxylic acids is 1. The van der Waals surface area contributed by atoms with Gasteiger partial charge in [0.15, 0.2) is 0 Å². The minimum atomic E-state index is -2.28. The number of alkyl halides is 1. The summed E-state index contributed by atoms with van der Waals surface area (Å²) in [5.41, 5.74) is -2.28. The number of rotatable bonds is 2. The fourth-order valence-corrected chi connectivity index (χ4v) is 2.37. The molecule has 2 rings (SSSR count). The second-order valence-corrected chi connectivity index (χ2v) is 4.67. The summed E-state index contributed by atoms with van der Waals surface area (Å²) in [7, 11) is 0. The molecule has 6 heteroatoms. The van der Waals surface area contributed by atoms with E-state index in [-0.39, 0.29) is 25.4 Å². The molecule has 1 fully saturated rings. The van der Waals surface area contributed by atoms with Gasteiger partial charge in [0.05, 0.1) is 11.4 Å². The van der Waals surface area contributed by atoms with Crippen LogP contribution < -0.4 is 0 Å². The zero-order valence-electron chi connectivity index (χ0n) is 8.35. The van der Waals surface area contributed by atoms with Gasteiger partial charge in [0.2, 0.25) is 5.67 Å². The lowest BCUT2D eigenvalue weighted by Crippen LogP contribution is -2.38. The van der Waals surface area contributed by atoms with Gasteiger partial charge in [-0.05, 0) is 11.4 Å². The van der Waals surface area contributed by atoms with Gasteiger partial charge < -0.3 is 10.0 Å². The fourth-order valence-electron chi connectivity index (χ4n) is 1.68. The molecule has 0 spiro atoms. The SMILES string of the molecule is O=C(c1cccs1)N1CCC(F)(C(=O)O)C1. The molecule has 16 heavy (non-hydrogen) atoms. The van der Waals surface area contributed by atoms with Crippen LogP contribution in [0.5, 0.6) is 0 Å². The Morgan fingerprint density at radius 1 is 1.56 bits per heavy atom. The van der Waals surface area contributed by atoms with Crippen molar-refractivity contribution < 1.29 is 19.1 Å². The second kappa shape index (κ2) is 3.86. The lowest BCUT2D eigenvalue weighted by molar-refractivity contribution is -0.149. The summed E-state index contributed by atoms with van der Waals surface area (Å²) >= 11 is 1.27. The van der Waals surface area contributed by atoms with E-state index in [2.05, 4.69) is 0 Å². The number of thiophene rings is 1. The molecule has 4 nitrogen and oxygen atoms in total. The average molecular weight is 243 g/mol. The standard InChI is InChI=1S/C10H10FNO3S/c11-10(9(14)15)3-4-12(6-10)8(13)7-2-1-5-16-7/h1-2,5H,3-4,6H2,(H,14,15). The van der Waals surface area contributed by atoms with Crippen molar-refractivity contribution >= 4 is 23.2 Å². The highest BCUT2D eigenvalue weighted by Crippen LogP contribution is 2.27. The van der Waals surface area contributed by atoms with Crippen molar-refractivity contribution in [1.82, 2.24) is 4.90 Å². The Hall–Kier alpha value is -1.43. The molecule has 0 aromatic carbocycles. The predicted molar refractivity (Wildman–Crippen MR) is 56.3 cm³/mol. The first-order chi connectivity index (χ1) is 7.53. The van der Waals surface area contributed by atoms with Crippen molar-refractivity contribution in [3.63, 3.8) is 0 Å². The average Bonchev–Trinajstić information content (AvgIpc) is 2.85. The van der Waals surface area contributed by atoms with Gasteiger partial charge in [-0.15, -0.1) is 11.3 Å². The number of hydrogen-bond acceptors (Lipinski definition) is 3. The first kappa shape index (κ1) is 11.1. The van der Waals surface area contributed by atoms with Gasteiger partial charge >= 0.3 is 5.97 Å². The topological polar surface area (TPSA) is 57.6 Å². The zero-order chi connectivity index (χ0) is 11.8. The van der Waals surface area contributed by atoms with Crippen LogP contribution >= 0.6 is 11.3 Å². The number of carbonyl (C=O) groups is 2. The molecule has 1 unspecified atom stereocenters. The normalized spacial score (nSPS) is 24.7. The molecule has 0 aliphatic carbocycles. The number of aliphatic carboxylic acids is 1. The molecule has 1 aliphatic heterocycles. The Labute approximate surface area is 95.3 Å². The molecule has 1 N–H and O–H groups in total. The molecule has 0 bridgehead atoms. The van der Waals surface area contributed by atoms with Crippen molar-refractivity contribution in [2.75, 3.05) is 13.1 Å². The lowest BCUT2D eigenvalue weighted by Gasteiger charge is -2.16. The fraction of sp³-hybridized carbons (Fsp3) is 0.400. The maximum Gasteiger partial charge on any atom is 0.343 e. The summed E-state index contributed by atoms with van der Waals surface area (Å²) in [5.74, 6) is -1.79. The molecule has 1 amide bonds. The van der Waals surface area contributed by atoms with E-state index in [0.717, 1.165) is 0 Å². The van der Waals surface area contributed by atoms with E-state index in [1.54, 1.807) is 17.5 Å². The number of likely N-dealkylation sites (tertiary alicyclic amines) is 1. The summed E-state index contributed by atoms with van der Waals surface area (Å²) in [4.78, 5) is 24.2. The third-order valence-corrected chi connectivity index (χ3v) is 3.48. The molecule has 1 aromatic heterocycles. The molecule has 0 saturated carbocycles. The van der Waals surface area contributed by atoms with Crippen LogP contribution in [-0.2, 0) is 4.79 Å². The maximum absolute atomic E-state index is 13.7. The first-order valence-corrected chi connectivity index (χ1v) is 5.66. The number of amides is 1. The van der Waals surface area contributed by atoms with Gasteiger partial charge in [-0.25, -0.2) is 9.18 Å². The third-order valence-electron chi connectivity index (χ3n) is 2.62. The molecule has 2 heterocycles. The van der Waals surface area contributed by atoms with E-state index < -0.39 is 11.6 Å². The summed E-state index contributed by atoms with van der Waals surface area (Å²) in [6, 6.07) is 3.37. The molecule has 86 valence electrons. The van der Waals surface area contributed by atoms with Crippen molar-refractivity contribution in [2.45, 2.75) is 12.1 Å². The van der Waals surface area contributed by atoms with E-state index in [1.807, 2.05) is 0 Å². The number of hydrogen-bond donors (Lipinski definition) is 1. The Morgan fingerprint density at radius 3 is 2.81 bits per heavy atom. The summed E-state index contributed by atoms with van der Waals surface area (Å²) < 4.78 is 13.7. The summed E-state index contributed by atoms with van der Waals surface area (Å²) in [5, 5.41) is 10.4. The van der Waals surface area contributed by atoms with Crippen LogP contribution in [0.3, 0.4) is 0 Å². The highest BCUT2D eigenvalue weighted by Gasteiger charge is 2.47. The van der Waals surface area contributed by atoms with Gasteiger partial charge in [0, 0.05) is 13.0 Å². The Bertz CT molecular complexity index is 420. The molecular weight excluding hydrogens is 233 g/mol. The van der Waals surface area contributed by atoms with Crippen molar-refractivity contribution in [2.24, 2.45) is 0 Å². The molecule has 1 atom stereocenters. The predicted octanol–water partition coefficient (Wildman–Crippen LogP) is 1.39. The minimum absolute atomic E-state index is 0.139. The lowest BCUT2D eigenvalue weighted by atomic mass is 10.1. The van der Waals surface area contributed by atoms with E-state index in [9.17, 15) is 14.0 Å². The summed E-state index contributed by atoms with van der Waals surface area (Å²) in [6.45, 7) is -0.210. The Balaban J connectivity index is 2.10. The molecule has 0 radical (unpaired) electrons. The van der Waals surface area contributed by atoms with E-state index in [4.69, 9.17) is 5.11 Å². The number of halogens is 1. The van der Waals surface area contributed by atoms with Crippen molar-refractivity contribution in [1.29, 1.82) is 0 Å². The quantitative estimate of drug-likeness (QED) is 0.853. The van der Waals surface area contributed by atoms with E-state index in [1.165, 1.54) is 16.2 Å². The molecule has 1 saturated heterocycles. The molecule has 1 aliphatic rings. The van der Waals surface area contributed by atoms with Gasteiger partial charge in [0.25, 0.3) is 5.91 Å². The number of carboxylic acid groups (broad SMARTS) is 1. The Morgan fingerprint density at radius 2 is 2.31 bits per heavy atom. The number of carboxylic acids is 1. The smallest absolute Gasteiger partial charge is 0.343 e.